The average Bonchev–Trinajstić information content (AvgIpc) is 2.89. The Bertz CT molecular complexity index is 780. The molecule has 2 aliphatic rings. The van der Waals surface area contributed by atoms with Crippen molar-refractivity contribution in [2.75, 3.05) is 0 Å². The largest absolute Gasteiger partial charge is 0.246 e. The molecule has 2 bridgehead atoms. The van der Waals surface area contributed by atoms with Gasteiger partial charge in [-0.2, -0.15) is 4.57 Å². The van der Waals surface area contributed by atoms with E-state index in [2.05, 4.69) is 4.98 Å². The van der Waals surface area contributed by atoms with Gasteiger partial charge in [-0.3, -0.25) is 0 Å². The van der Waals surface area contributed by atoms with E-state index in [1.54, 1.807) is 20.0 Å². The van der Waals surface area contributed by atoms with Crippen molar-refractivity contribution in [2.45, 2.75) is 85.9 Å². The van der Waals surface area contributed by atoms with Gasteiger partial charge in [-0.1, -0.05) is 47.6 Å². The van der Waals surface area contributed by atoms with Crippen LogP contribution in [0.15, 0.2) is 41.7 Å². The van der Waals surface area contributed by atoms with Crippen LogP contribution in [0.3, 0.4) is 0 Å². The smallest absolute Gasteiger partial charge is 0.216 e. The predicted octanol–water partition coefficient (Wildman–Crippen LogP) is 6.85. The maximum Gasteiger partial charge on any atom is 0.216 e. The number of halogens is 3. The monoisotopic (exact) mass is 395 g/mol. The maximum atomic E-state index is 16.1. The SMILES string of the molecule is CC.CC.CC[C@H]1[n+]2cc(C)nc(C)c2C2C=C(C=C(F)C=C2F)C1(F)CC. The Kier molecular flexibility index (Phi) is 8.65. The van der Waals surface area contributed by atoms with Gasteiger partial charge in [-0.05, 0) is 31.9 Å². The van der Waals surface area contributed by atoms with E-state index >= 15 is 4.39 Å². The third-order valence-corrected chi connectivity index (χ3v) is 5.07. The van der Waals surface area contributed by atoms with Crippen LogP contribution in [-0.4, -0.2) is 10.7 Å². The highest BCUT2D eigenvalue weighted by molar-refractivity contribution is 5.44. The lowest BCUT2D eigenvalue weighted by Gasteiger charge is -2.29. The highest BCUT2D eigenvalue weighted by atomic mass is 19.1. The number of allylic oxidation sites excluding steroid dienone is 6. The number of alkyl halides is 1. The lowest BCUT2D eigenvalue weighted by atomic mass is 9.83. The van der Waals surface area contributed by atoms with Crippen LogP contribution in [0.1, 0.15) is 83.4 Å². The average molecular weight is 396 g/mol. The predicted molar refractivity (Wildman–Crippen MR) is 109 cm³/mol. The summed E-state index contributed by atoms with van der Waals surface area (Å²) in [7, 11) is 0. The zero-order valence-electron chi connectivity index (χ0n) is 18.4. The second-order valence-corrected chi connectivity index (χ2v) is 6.56. The van der Waals surface area contributed by atoms with E-state index in [0.717, 1.165) is 17.8 Å². The van der Waals surface area contributed by atoms with E-state index in [-0.39, 0.29) is 12.0 Å². The Morgan fingerprint density at radius 1 is 1.07 bits per heavy atom. The van der Waals surface area contributed by atoms with Gasteiger partial charge in [0.1, 0.15) is 29.0 Å². The van der Waals surface area contributed by atoms with Crippen molar-refractivity contribution in [3.05, 3.63) is 58.7 Å². The van der Waals surface area contributed by atoms with E-state index in [1.807, 2.05) is 46.1 Å². The Morgan fingerprint density at radius 2 is 1.68 bits per heavy atom. The number of nitrogens with zero attached hydrogens (tertiary/aromatic N) is 2. The summed E-state index contributed by atoms with van der Waals surface area (Å²) in [4.78, 5) is 4.43. The fraction of sp³-hybridized carbons (Fsp3) is 0.565. The molecular weight excluding hydrogens is 361 g/mol. The first-order valence-electron chi connectivity index (χ1n) is 10.4. The molecule has 0 radical (unpaired) electrons. The molecule has 5 heteroatoms. The van der Waals surface area contributed by atoms with Crippen LogP contribution in [0.25, 0.3) is 0 Å². The van der Waals surface area contributed by atoms with Gasteiger partial charge in [0.2, 0.25) is 5.69 Å². The van der Waals surface area contributed by atoms with Crippen LogP contribution < -0.4 is 4.57 Å². The van der Waals surface area contributed by atoms with Crippen molar-refractivity contribution in [1.29, 1.82) is 0 Å². The lowest BCUT2D eigenvalue weighted by molar-refractivity contribution is -0.741. The summed E-state index contributed by atoms with van der Waals surface area (Å²) in [6, 6.07) is -0.538. The van der Waals surface area contributed by atoms with Crippen molar-refractivity contribution in [2.24, 2.45) is 0 Å². The molecule has 1 aromatic heterocycles. The molecule has 1 aromatic rings. The number of hydrogen-bond acceptors (Lipinski definition) is 1. The minimum atomic E-state index is -1.76. The topological polar surface area (TPSA) is 16.8 Å². The van der Waals surface area contributed by atoms with E-state index in [1.165, 1.54) is 6.08 Å². The highest BCUT2D eigenvalue weighted by Gasteiger charge is 2.51. The van der Waals surface area contributed by atoms with Crippen LogP contribution in [0.4, 0.5) is 13.2 Å². The Balaban J connectivity index is 0.000000921. The molecule has 2 heterocycles. The van der Waals surface area contributed by atoms with Crippen LogP contribution in [0.2, 0.25) is 0 Å². The summed E-state index contributed by atoms with van der Waals surface area (Å²) in [5.74, 6) is -2.20. The van der Waals surface area contributed by atoms with Crippen molar-refractivity contribution in [1.82, 2.24) is 4.98 Å². The molecule has 3 rings (SSSR count). The van der Waals surface area contributed by atoms with Crippen molar-refractivity contribution in [3.8, 4) is 0 Å². The molecule has 28 heavy (non-hydrogen) atoms. The van der Waals surface area contributed by atoms with Gasteiger partial charge in [-0.15, -0.1) is 0 Å². The molecule has 0 amide bonds. The standard InChI is InChI=1S/C19H22F3N2.2C2H6/c1-5-17-19(22,6-2)13-7-14(20)9-16(21)15(8-13)18-12(4)23-11(3)10-24(17)18;2*1-2/h7-10,15,17H,5-6H2,1-4H3;2*1-2H3/q+1;;/t15?,17-,19?;;/m1../s1. The van der Waals surface area contributed by atoms with Gasteiger partial charge in [0, 0.05) is 12.5 Å². The first kappa shape index (κ1) is 24.1. The van der Waals surface area contributed by atoms with Crippen LogP contribution in [0, 0.1) is 13.8 Å². The van der Waals surface area contributed by atoms with Crippen molar-refractivity contribution in [3.63, 3.8) is 0 Å². The first-order chi connectivity index (χ1) is 13.3. The Hall–Kier alpha value is -1.91. The number of hydrogen-bond donors (Lipinski definition) is 0. The molecule has 3 atom stereocenters. The summed E-state index contributed by atoms with van der Waals surface area (Å²) in [6.45, 7) is 15.3. The second-order valence-electron chi connectivity index (χ2n) is 6.56. The molecule has 0 aromatic carbocycles. The lowest BCUT2D eigenvalue weighted by Crippen LogP contribution is -2.53. The van der Waals surface area contributed by atoms with Crippen molar-refractivity contribution < 1.29 is 17.7 Å². The zero-order valence-corrected chi connectivity index (χ0v) is 18.4. The molecule has 2 nitrogen and oxygen atoms in total. The molecule has 0 saturated heterocycles. The summed E-state index contributed by atoms with van der Waals surface area (Å²) >= 11 is 0. The third-order valence-electron chi connectivity index (χ3n) is 5.07. The Labute approximate surface area is 167 Å². The molecule has 2 unspecified atom stereocenters. The fourth-order valence-electron chi connectivity index (χ4n) is 4.01. The van der Waals surface area contributed by atoms with E-state index < -0.39 is 29.3 Å². The molecule has 1 aliphatic heterocycles. The number of rotatable bonds is 2. The third kappa shape index (κ3) is 4.23. The fourth-order valence-corrected chi connectivity index (χ4v) is 4.01. The Morgan fingerprint density at radius 3 is 2.21 bits per heavy atom. The highest BCUT2D eigenvalue weighted by Crippen LogP contribution is 2.45. The normalized spacial score (nSPS) is 25.3. The summed E-state index contributed by atoms with van der Waals surface area (Å²) in [5.41, 5.74) is 0.427. The van der Waals surface area contributed by atoms with Gasteiger partial charge in [0.25, 0.3) is 0 Å². The summed E-state index contributed by atoms with van der Waals surface area (Å²) in [5, 5.41) is 0. The van der Waals surface area contributed by atoms with E-state index in [9.17, 15) is 8.78 Å². The first-order valence-corrected chi connectivity index (χ1v) is 10.4. The van der Waals surface area contributed by atoms with E-state index in [4.69, 9.17) is 0 Å². The number of aromatic nitrogens is 2. The van der Waals surface area contributed by atoms with Crippen molar-refractivity contribution >= 4 is 0 Å². The van der Waals surface area contributed by atoms with Crippen LogP contribution in [0.5, 0.6) is 0 Å². The summed E-state index contributed by atoms with van der Waals surface area (Å²) in [6.07, 6.45) is 5.97. The van der Waals surface area contributed by atoms with Crippen LogP contribution in [-0.2, 0) is 0 Å². The molecule has 156 valence electrons. The molecule has 1 aliphatic carbocycles. The van der Waals surface area contributed by atoms with E-state index in [0.29, 0.717) is 17.8 Å². The number of fused-ring (bicyclic) bond motifs is 3. The zero-order chi connectivity index (χ0) is 21.6. The quantitative estimate of drug-likeness (QED) is 0.500. The minimum Gasteiger partial charge on any atom is -0.246 e. The van der Waals surface area contributed by atoms with Gasteiger partial charge in [0.05, 0.1) is 0 Å². The molecule has 0 spiro atoms. The van der Waals surface area contributed by atoms with Gasteiger partial charge < -0.3 is 0 Å². The van der Waals surface area contributed by atoms with Gasteiger partial charge >= 0.3 is 0 Å². The van der Waals surface area contributed by atoms with Gasteiger partial charge in [-0.25, -0.2) is 18.2 Å². The second kappa shape index (κ2) is 10.0. The minimum absolute atomic E-state index is 0.183. The molecule has 0 fully saturated rings. The summed E-state index contributed by atoms with van der Waals surface area (Å²) < 4.78 is 46.6. The molecule has 0 N–H and O–H groups in total. The molecular formula is C23H34F3N2+. The maximum absolute atomic E-state index is 16.1. The molecule has 0 saturated carbocycles. The number of aryl methyl sites for hydroxylation is 2. The van der Waals surface area contributed by atoms with Gasteiger partial charge in [0.15, 0.2) is 17.9 Å². The van der Waals surface area contributed by atoms with Crippen LogP contribution >= 0.6 is 0 Å².